The van der Waals surface area contributed by atoms with Crippen LogP contribution in [0, 0.1) is 6.92 Å². The molecular weight excluding hydrogens is 238 g/mol. The van der Waals surface area contributed by atoms with Crippen molar-refractivity contribution in [1.29, 1.82) is 0 Å². The van der Waals surface area contributed by atoms with Crippen molar-refractivity contribution in [2.24, 2.45) is 5.73 Å². The number of aromatic nitrogens is 2. The lowest BCUT2D eigenvalue weighted by Gasteiger charge is -2.20. The first-order chi connectivity index (χ1) is 7.95. The van der Waals surface area contributed by atoms with Crippen molar-refractivity contribution in [3.05, 3.63) is 18.0 Å². The number of hydrogen-bond acceptors (Lipinski definition) is 6. The number of nitrogens with zero attached hydrogens (tertiary/aromatic N) is 2. The lowest BCUT2D eigenvalue weighted by atomic mass is 10.0. The van der Waals surface area contributed by atoms with Gasteiger partial charge in [-0.1, -0.05) is 11.8 Å². The maximum Gasteiger partial charge on any atom is 0.325 e. The van der Waals surface area contributed by atoms with Gasteiger partial charge in [0, 0.05) is 17.6 Å². The number of rotatable bonds is 5. The van der Waals surface area contributed by atoms with Crippen LogP contribution in [0.25, 0.3) is 0 Å². The van der Waals surface area contributed by atoms with E-state index in [0.717, 1.165) is 5.69 Å². The highest BCUT2D eigenvalue weighted by Gasteiger charge is 2.28. The summed E-state index contributed by atoms with van der Waals surface area (Å²) < 4.78 is 4.63. The predicted molar refractivity (Wildman–Crippen MR) is 66.7 cm³/mol. The summed E-state index contributed by atoms with van der Waals surface area (Å²) in [4.78, 5) is 19.7. The van der Waals surface area contributed by atoms with Crippen LogP contribution in [0.15, 0.2) is 17.4 Å². The van der Waals surface area contributed by atoms with Gasteiger partial charge in [-0.3, -0.25) is 4.79 Å². The van der Waals surface area contributed by atoms with E-state index in [0.29, 0.717) is 17.3 Å². The van der Waals surface area contributed by atoms with E-state index in [1.165, 1.54) is 18.9 Å². The molecule has 0 bridgehead atoms. The fourth-order valence-corrected chi connectivity index (χ4v) is 2.24. The Bertz CT molecular complexity index is 396. The molecule has 6 heteroatoms. The molecule has 0 aliphatic carbocycles. The second-order valence-electron chi connectivity index (χ2n) is 3.99. The lowest BCUT2D eigenvalue weighted by molar-refractivity contribution is -0.146. The molecule has 1 atom stereocenters. The van der Waals surface area contributed by atoms with Gasteiger partial charge in [-0.15, -0.1) is 0 Å². The monoisotopic (exact) mass is 255 g/mol. The molecule has 5 nitrogen and oxygen atoms in total. The van der Waals surface area contributed by atoms with Gasteiger partial charge in [-0.2, -0.15) is 0 Å². The second kappa shape index (κ2) is 5.97. The maximum absolute atomic E-state index is 11.3. The van der Waals surface area contributed by atoms with E-state index >= 15 is 0 Å². The molecule has 1 aromatic rings. The molecule has 0 aliphatic rings. The Morgan fingerprint density at radius 2 is 2.35 bits per heavy atom. The van der Waals surface area contributed by atoms with Gasteiger partial charge in [0.1, 0.15) is 5.54 Å². The van der Waals surface area contributed by atoms with Gasteiger partial charge in [-0.25, -0.2) is 9.97 Å². The van der Waals surface area contributed by atoms with Gasteiger partial charge in [0.25, 0.3) is 0 Å². The molecule has 1 aromatic heterocycles. The van der Waals surface area contributed by atoms with Gasteiger partial charge >= 0.3 is 5.97 Å². The fraction of sp³-hybridized carbons (Fsp3) is 0.545. The van der Waals surface area contributed by atoms with Crippen molar-refractivity contribution in [1.82, 2.24) is 9.97 Å². The van der Waals surface area contributed by atoms with E-state index in [1.807, 2.05) is 13.0 Å². The van der Waals surface area contributed by atoms with E-state index in [1.54, 1.807) is 13.1 Å². The number of aryl methyl sites for hydroxylation is 1. The van der Waals surface area contributed by atoms with Gasteiger partial charge < -0.3 is 10.5 Å². The van der Waals surface area contributed by atoms with Gasteiger partial charge in [0.2, 0.25) is 0 Å². The molecule has 0 aromatic carbocycles. The van der Waals surface area contributed by atoms with Gasteiger partial charge in [0.15, 0.2) is 5.16 Å². The van der Waals surface area contributed by atoms with Crippen LogP contribution >= 0.6 is 11.8 Å². The number of hydrogen-bond donors (Lipinski definition) is 1. The third kappa shape index (κ3) is 4.32. The first kappa shape index (κ1) is 13.9. The Hall–Kier alpha value is -1.14. The number of nitrogens with two attached hydrogens (primary N) is 1. The summed E-state index contributed by atoms with van der Waals surface area (Å²) in [7, 11) is 1.34. The Balaban J connectivity index is 2.45. The fourth-order valence-electron chi connectivity index (χ4n) is 1.18. The van der Waals surface area contributed by atoms with Crippen LogP contribution in [0.5, 0.6) is 0 Å². The Morgan fingerprint density at radius 3 is 2.94 bits per heavy atom. The first-order valence-electron chi connectivity index (χ1n) is 5.25. The number of carbonyl (C=O) groups excluding carboxylic acids is 1. The van der Waals surface area contributed by atoms with Gasteiger partial charge in [-0.05, 0) is 26.3 Å². The molecule has 1 unspecified atom stereocenters. The van der Waals surface area contributed by atoms with E-state index in [-0.39, 0.29) is 0 Å². The van der Waals surface area contributed by atoms with Crippen LogP contribution < -0.4 is 5.73 Å². The summed E-state index contributed by atoms with van der Waals surface area (Å²) in [6.45, 7) is 3.57. The van der Waals surface area contributed by atoms with Gasteiger partial charge in [0.05, 0.1) is 7.11 Å². The highest BCUT2D eigenvalue weighted by molar-refractivity contribution is 7.99. The molecule has 0 spiro atoms. The summed E-state index contributed by atoms with van der Waals surface area (Å²) in [6, 6.07) is 1.84. The lowest BCUT2D eigenvalue weighted by Crippen LogP contribution is -2.46. The number of esters is 1. The van der Waals surface area contributed by atoms with Crippen LogP contribution in [-0.2, 0) is 9.53 Å². The van der Waals surface area contributed by atoms with Crippen LogP contribution in [0.3, 0.4) is 0 Å². The average Bonchev–Trinajstić information content (AvgIpc) is 2.27. The third-order valence-corrected chi connectivity index (χ3v) is 3.14. The minimum Gasteiger partial charge on any atom is -0.468 e. The van der Waals surface area contributed by atoms with E-state index in [9.17, 15) is 4.79 Å². The van der Waals surface area contributed by atoms with Crippen LogP contribution in [-0.4, -0.2) is 34.3 Å². The zero-order valence-electron chi connectivity index (χ0n) is 10.3. The summed E-state index contributed by atoms with van der Waals surface area (Å²) in [5.41, 5.74) is 5.81. The average molecular weight is 255 g/mol. The molecule has 0 radical (unpaired) electrons. The molecule has 2 N–H and O–H groups in total. The van der Waals surface area contributed by atoms with Crippen molar-refractivity contribution < 1.29 is 9.53 Å². The SMILES string of the molecule is COC(=O)C(C)(N)CCSc1nccc(C)n1. The minimum absolute atomic E-state index is 0.400. The highest BCUT2D eigenvalue weighted by Crippen LogP contribution is 2.18. The number of carbonyl (C=O) groups is 1. The van der Waals surface area contributed by atoms with E-state index in [4.69, 9.17) is 5.73 Å². The summed E-state index contributed by atoms with van der Waals surface area (Å²) >= 11 is 1.48. The summed E-state index contributed by atoms with van der Waals surface area (Å²) in [6.07, 6.45) is 2.23. The Kier molecular flexibility index (Phi) is 4.89. The summed E-state index contributed by atoms with van der Waals surface area (Å²) in [5.74, 6) is 0.272. The third-order valence-electron chi connectivity index (χ3n) is 2.28. The summed E-state index contributed by atoms with van der Waals surface area (Å²) in [5, 5.41) is 0.700. The zero-order valence-corrected chi connectivity index (χ0v) is 11.1. The zero-order chi connectivity index (χ0) is 12.9. The van der Waals surface area contributed by atoms with E-state index in [2.05, 4.69) is 14.7 Å². The standard InChI is InChI=1S/C11H17N3O2S/c1-8-4-6-13-10(14-8)17-7-5-11(2,12)9(15)16-3/h4,6H,5,7,12H2,1-3H3. The van der Waals surface area contributed by atoms with Crippen LogP contribution in [0.2, 0.25) is 0 Å². The van der Waals surface area contributed by atoms with Crippen molar-refractivity contribution in [3.8, 4) is 0 Å². The molecule has 0 fully saturated rings. The molecule has 94 valence electrons. The molecule has 1 heterocycles. The molecule has 17 heavy (non-hydrogen) atoms. The van der Waals surface area contributed by atoms with Crippen LogP contribution in [0.1, 0.15) is 19.0 Å². The molecule has 0 saturated carbocycles. The molecule has 0 saturated heterocycles. The number of thioether (sulfide) groups is 1. The van der Waals surface area contributed by atoms with Crippen LogP contribution in [0.4, 0.5) is 0 Å². The quantitative estimate of drug-likeness (QED) is 0.483. The van der Waals surface area contributed by atoms with Crippen molar-refractivity contribution >= 4 is 17.7 Å². The second-order valence-corrected chi connectivity index (χ2v) is 5.05. The number of methoxy groups -OCH3 is 1. The molecule has 0 amide bonds. The highest BCUT2D eigenvalue weighted by atomic mass is 32.2. The van der Waals surface area contributed by atoms with E-state index < -0.39 is 11.5 Å². The minimum atomic E-state index is -0.953. The Labute approximate surface area is 105 Å². The number of ether oxygens (including phenoxy) is 1. The first-order valence-corrected chi connectivity index (χ1v) is 6.24. The smallest absolute Gasteiger partial charge is 0.325 e. The largest absolute Gasteiger partial charge is 0.468 e. The van der Waals surface area contributed by atoms with Crippen molar-refractivity contribution in [3.63, 3.8) is 0 Å². The predicted octanol–water partition coefficient (Wildman–Crippen LogP) is 1.16. The normalized spacial score (nSPS) is 14.1. The molecule has 1 rings (SSSR count). The topological polar surface area (TPSA) is 78.1 Å². The molecule has 0 aliphatic heterocycles. The van der Waals surface area contributed by atoms with Crippen molar-refractivity contribution in [2.75, 3.05) is 12.9 Å². The maximum atomic E-state index is 11.3. The Morgan fingerprint density at radius 1 is 1.65 bits per heavy atom. The van der Waals surface area contributed by atoms with Crippen molar-refractivity contribution in [2.45, 2.75) is 31.0 Å². The molecular formula is C11H17N3O2S.